The van der Waals surface area contributed by atoms with Gasteiger partial charge in [-0.25, -0.2) is 0 Å². The molecular weight excluding hydrogens is 248 g/mol. The summed E-state index contributed by atoms with van der Waals surface area (Å²) in [6.45, 7) is 5.80. The quantitative estimate of drug-likeness (QED) is 0.862. The number of carbonyl (C=O) groups excluding carboxylic acids is 1. The van der Waals surface area contributed by atoms with E-state index in [2.05, 4.69) is 15.5 Å². The molecule has 0 aliphatic heterocycles. The lowest BCUT2D eigenvalue weighted by atomic mass is 10.1. The molecule has 0 bridgehead atoms. The van der Waals surface area contributed by atoms with Crippen molar-refractivity contribution in [3.63, 3.8) is 0 Å². The van der Waals surface area contributed by atoms with Gasteiger partial charge in [-0.15, -0.1) is 22.6 Å². The SMILES string of the molecule is CCc1nnc(NC(=O)C(N)C(C)C)s1.Cl. The Bertz CT molecular complexity index is 342. The smallest absolute Gasteiger partial charge is 0.243 e. The van der Waals surface area contributed by atoms with Crippen LogP contribution in [0.3, 0.4) is 0 Å². The number of amides is 1. The van der Waals surface area contributed by atoms with E-state index in [1.165, 1.54) is 11.3 Å². The second-order valence-corrected chi connectivity index (χ2v) is 4.68. The molecule has 0 spiro atoms. The molecule has 1 unspecified atom stereocenters. The molecule has 0 fully saturated rings. The van der Waals surface area contributed by atoms with E-state index < -0.39 is 6.04 Å². The lowest BCUT2D eigenvalue weighted by Gasteiger charge is -2.13. The number of nitrogens with one attached hydrogen (secondary N) is 1. The van der Waals surface area contributed by atoms with Gasteiger partial charge in [0.1, 0.15) is 5.01 Å². The number of nitrogens with zero attached hydrogens (tertiary/aromatic N) is 2. The van der Waals surface area contributed by atoms with Gasteiger partial charge in [-0.1, -0.05) is 32.1 Å². The monoisotopic (exact) mass is 264 g/mol. The second kappa shape index (κ2) is 6.78. The van der Waals surface area contributed by atoms with E-state index in [9.17, 15) is 4.79 Å². The normalized spacial score (nSPS) is 12.1. The van der Waals surface area contributed by atoms with Crippen LogP contribution in [0, 0.1) is 5.92 Å². The Kier molecular flexibility index (Phi) is 6.47. The summed E-state index contributed by atoms with van der Waals surface area (Å²) in [5, 5.41) is 11.8. The maximum atomic E-state index is 11.6. The molecule has 1 aromatic heterocycles. The Morgan fingerprint density at radius 2 is 2.12 bits per heavy atom. The van der Waals surface area contributed by atoms with Gasteiger partial charge in [0.05, 0.1) is 6.04 Å². The van der Waals surface area contributed by atoms with Crippen molar-refractivity contribution in [3.05, 3.63) is 5.01 Å². The Labute approximate surface area is 105 Å². The van der Waals surface area contributed by atoms with Crippen LogP contribution in [-0.4, -0.2) is 22.1 Å². The average Bonchev–Trinajstić information content (AvgIpc) is 2.64. The minimum absolute atomic E-state index is 0. The number of anilines is 1. The van der Waals surface area contributed by atoms with E-state index in [1.807, 2.05) is 20.8 Å². The van der Waals surface area contributed by atoms with Gasteiger partial charge in [-0.3, -0.25) is 10.1 Å². The summed E-state index contributed by atoms with van der Waals surface area (Å²) >= 11 is 1.38. The summed E-state index contributed by atoms with van der Waals surface area (Å²) in [6, 6.07) is -0.501. The molecule has 92 valence electrons. The van der Waals surface area contributed by atoms with Crippen LogP contribution in [-0.2, 0) is 11.2 Å². The van der Waals surface area contributed by atoms with Crippen molar-refractivity contribution in [3.8, 4) is 0 Å². The van der Waals surface area contributed by atoms with Crippen molar-refractivity contribution in [2.45, 2.75) is 33.2 Å². The van der Waals surface area contributed by atoms with Crippen molar-refractivity contribution in [2.24, 2.45) is 11.7 Å². The predicted octanol–water partition coefficient (Wildman–Crippen LogP) is 1.44. The molecule has 1 aromatic rings. The minimum Gasteiger partial charge on any atom is -0.320 e. The van der Waals surface area contributed by atoms with Gasteiger partial charge >= 0.3 is 0 Å². The van der Waals surface area contributed by atoms with Crippen LogP contribution >= 0.6 is 23.7 Å². The zero-order valence-corrected chi connectivity index (χ0v) is 11.2. The van der Waals surface area contributed by atoms with Crippen molar-refractivity contribution in [1.29, 1.82) is 0 Å². The maximum absolute atomic E-state index is 11.6. The first kappa shape index (κ1) is 15.3. The molecule has 16 heavy (non-hydrogen) atoms. The van der Waals surface area contributed by atoms with E-state index in [0.717, 1.165) is 11.4 Å². The lowest BCUT2D eigenvalue weighted by Crippen LogP contribution is -2.39. The van der Waals surface area contributed by atoms with Crippen LogP contribution in [0.15, 0.2) is 0 Å². The molecule has 1 heterocycles. The third-order valence-corrected chi connectivity index (χ3v) is 3.00. The summed E-state index contributed by atoms with van der Waals surface area (Å²) in [4.78, 5) is 11.6. The number of nitrogens with two attached hydrogens (primary N) is 1. The fourth-order valence-electron chi connectivity index (χ4n) is 0.938. The molecular formula is C9H17ClN4OS. The lowest BCUT2D eigenvalue weighted by molar-refractivity contribution is -0.118. The number of hydrogen-bond acceptors (Lipinski definition) is 5. The molecule has 1 amide bonds. The highest BCUT2D eigenvalue weighted by molar-refractivity contribution is 7.15. The van der Waals surface area contributed by atoms with Crippen LogP contribution in [0.1, 0.15) is 25.8 Å². The average molecular weight is 265 g/mol. The van der Waals surface area contributed by atoms with Crippen LogP contribution in [0.5, 0.6) is 0 Å². The Morgan fingerprint density at radius 3 is 2.56 bits per heavy atom. The van der Waals surface area contributed by atoms with E-state index in [0.29, 0.717) is 5.13 Å². The third-order valence-electron chi connectivity index (χ3n) is 2.02. The van der Waals surface area contributed by atoms with Gasteiger partial charge in [0, 0.05) is 0 Å². The molecule has 0 aliphatic carbocycles. The van der Waals surface area contributed by atoms with Crippen molar-refractivity contribution >= 4 is 34.8 Å². The predicted molar refractivity (Wildman–Crippen MR) is 68.0 cm³/mol. The Morgan fingerprint density at radius 1 is 1.50 bits per heavy atom. The van der Waals surface area contributed by atoms with Crippen molar-refractivity contribution in [2.75, 3.05) is 5.32 Å². The fraction of sp³-hybridized carbons (Fsp3) is 0.667. The van der Waals surface area contributed by atoms with Gasteiger partial charge in [0.25, 0.3) is 0 Å². The summed E-state index contributed by atoms with van der Waals surface area (Å²) in [6.07, 6.45) is 0.823. The molecule has 7 heteroatoms. The summed E-state index contributed by atoms with van der Waals surface area (Å²) in [7, 11) is 0. The summed E-state index contributed by atoms with van der Waals surface area (Å²) in [5.41, 5.74) is 5.69. The number of halogens is 1. The van der Waals surface area contributed by atoms with Gasteiger partial charge in [0.15, 0.2) is 0 Å². The standard InChI is InChI=1S/C9H16N4OS.ClH/c1-4-6-12-13-9(15-6)11-8(14)7(10)5(2)3;/h5,7H,4,10H2,1-3H3,(H,11,13,14);1H. The van der Waals surface area contributed by atoms with E-state index in [-0.39, 0.29) is 24.2 Å². The molecule has 1 rings (SSSR count). The van der Waals surface area contributed by atoms with Crippen LogP contribution < -0.4 is 11.1 Å². The van der Waals surface area contributed by atoms with Crippen molar-refractivity contribution < 1.29 is 4.79 Å². The number of aryl methyl sites for hydroxylation is 1. The molecule has 0 aromatic carbocycles. The van der Waals surface area contributed by atoms with Crippen LogP contribution in [0.25, 0.3) is 0 Å². The molecule has 3 N–H and O–H groups in total. The highest BCUT2D eigenvalue weighted by Gasteiger charge is 2.18. The molecule has 0 saturated carbocycles. The van der Waals surface area contributed by atoms with Gasteiger partial charge in [-0.2, -0.15) is 0 Å². The van der Waals surface area contributed by atoms with Gasteiger partial charge < -0.3 is 5.73 Å². The first-order valence-corrected chi connectivity index (χ1v) is 5.75. The zero-order chi connectivity index (χ0) is 11.4. The second-order valence-electron chi connectivity index (χ2n) is 3.61. The zero-order valence-electron chi connectivity index (χ0n) is 9.56. The molecule has 0 aliphatic rings. The Balaban J connectivity index is 0.00000225. The third kappa shape index (κ3) is 4.03. The number of hydrogen-bond donors (Lipinski definition) is 2. The molecule has 5 nitrogen and oxygen atoms in total. The van der Waals surface area contributed by atoms with Crippen LogP contribution in [0.4, 0.5) is 5.13 Å². The topological polar surface area (TPSA) is 80.9 Å². The van der Waals surface area contributed by atoms with Gasteiger partial charge in [-0.05, 0) is 12.3 Å². The number of carbonyl (C=O) groups is 1. The highest BCUT2D eigenvalue weighted by Crippen LogP contribution is 2.15. The van der Waals surface area contributed by atoms with Crippen molar-refractivity contribution in [1.82, 2.24) is 10.2 Å². The van der Waals surface area contributed by atoms with E-state index in [4.69, 9.17) is 5.73 Å². The Hall–Kier alpha value is -0.720. The number of rotatable bonds is 4. The largest absolute Gasteiger partial charge is 0.320 e. The fourth-order valence-corrected chi connectivity index (χ4v) is 1.62. The van der Waals surface area contributed by atoms with E-state index in [1.54, 1.807) is 0 Å². The number of aromatic nitrogens is 2. The maximum Gasteiger partial charge on any atom is 0.243 e. The minimum atomic E-state index is -0.501. The summed E-state index contributed by atoms with van der Waals surface area (Å²) in [5.74, 6) is -0.0904. The molecule has 0 radical (unpaired) electrons. The first-order valence-electron chi connectivity index (χ1n) is 4.93. The summed E-state index contributed by atoms with van der Waals surface area (Å²) < 4.78 is 0. The van der Waals surface area contributed by atoms with E-state index >= 15 is 0 Å². The molecule has 0 saturated heterocycles. The van der Waals surface area contributed by atoms with Gasteiger partial charge in [0.2, 0.25) is 11.0 Å². The van der Waals surface area contributed by atoms with Crippen LogP contribution in [0.2, 0.25) is 0 Å². The first-order chi connectivity index (χ1) is 7.04. The highest BCUT2D eigenvalue weighted by atomic mass is 35.5. The molecule has 1 atom stereocenters.